The van der Waals surface area contributed by atoms with Crippen LogP contribution in [0.25, 0.3) is 0 Å². The van der Waals surface area contributed by atoms with Crippen LogP contribution in [0.5, 0.6) is 0 Å². The lowest BCUT2D eigenvalue weighted by molar-refractivity contribution is 0.0950. The lowest BCUT2D eigenvalue weighted by Crippen LogP contribution is -2.31. The van der Waals surface area contributed by atoms with Crippen LogP contribution in [-0.2, 0) is 10.8 Å². The van der Waals surface area contributed by atoms with E-state index >= 15 is 0 Å². The van der Waals surface area contributed by atoms with Gasteiger partial charge in [-0.05, 0) is 61.6 Å². The van der Waals surface area contributed by atoms with E-state index in [2.05, 4.69) is 12.2 Å². The molecule has 1 aliphatic heterocycles. The molecule has 0 bridgehead atoms. The average Bonchev–Trinajstić information content (AvgIpc) is 2.86. The van der Waals surface area contributed by atoms with E-state index in [0.29, 0.717) is 39.7 Å². The molecule has 3 rings (SSSR count). The van der Waals surface area contributed by atoms with Crippen molar-refractivity contribution in [3.05, 3.63) is 53.6 Å². The van der Waals surface area contributed by atoms with Crippen LogP contribution in [0.1, 0.15) is 53.8 Å². The summed E-state index contributed by atoms with van der Waals surface area (Å²) in [7, 11) is -1.48. The molecule has 5 nitrogen and oxygen atoms in total. The molecule has 2 amide bonds. The maximum absolute atomic E-state index is 13.2. The summed E-state index contributed by atoms with van der Waals surface area (Å²) in [5.74, 6) is 1.82. The second-order valence-electron chi connectivity index (χ2n) is 7.07. The van der Waals surface area contributed by atoms with E-state index in [9.17, 15) is 13.8 Å². The summed E-state index contributed by atoms with van der Waals surface area (Å²) in [4.78, 5) is 28.4. The Bertz CT molecular complexity index is 946. The van der Waals surface area contributed by atoms with Crippen LogP contribution in [0, 0.1) is 0 Å². The molecular formula is C23H28N2O3S2. The summed E-state index contributed by atoms with van der Waals surface area (Å²) in [5.41, 5.74) is 1.46. The number of anilines is 1. The Kier molecular flexibility index (Phi) is 8.10. The van der Waals surface area contributed by atoms with Gasteiger partial charge in [-0.2, -0.15) is 11.8 Å². The van der Waals surface area contributed by atoms with Crippen LogP contribution < -0.4 is 10.2 Å². The van der Waals surface area contributed by atoms with Crippen LogP contribution in [0.2, 0.25) is 0 Å². The average molecular weight is 445 g/mol. The molecule has 1 atom stereocenters. The molecule has 1 aliphatic rings. The van der Waals surface area contributed by atoms with Crippen LogP contribution >= 0.6 is 11.8 Å². The molecule has 0 aromatic heterocycles. The molecule has 2 aromatic carbocycles. The molecule has 0 unspecified atom stereocenters. The largest absolute Gasteiger partial charge is 0.352 e. The number of nitrogens with one attached hydrogen (secondary N) is 1. The molecule has 160 valence electrons. The van der Waals surface area contributed by atoms with Crippen molar-refractivity contribution < 1.29 is 13.8 Å². The first-order chi connectivity index (χ1) is 14.6. The van der Waals surface area contributed by atoms with Gasteiger partial charge in [0.05, 0.1) is 31.8 Å². The number of hydrogen-bond acceptors (Lipinski definition) is 4. The number of carbonyl (C=O) groups is 2. The minimum Gasteiger partial charge on any atom is -0.352 e. The Labute approximate surface area is 185 Å². The molecule has 0 radical (unpaired) electrons. The fraction of sp³-hybridized carbons (Fsp3) is 0.391. The van der Waals surface area contributed by atoms with Gasteiger partial charge in [-0.15, -0.1) is 0 Å². The standard InChI is InChI=1S/C23H28N2O3S2/c1-3-5-14-29-15-8-13-24-22(26)17-11-12-21-19(16-17)25(4-2)23(27)18-9-6-7-10-20(18)30(21)28/h6-7,9-12,16H,3-5,8,13-15H2,1-2H3,(H,24,26)/t30-/m0/s1. The van der Waals surface area contributed by atoms with Gasteiger partial charge in [0.25, 0.3) is 11.8 Å². The minimum absolute atomic E-state index is 0.174. The first kappa shape index (κ1) is 22.6. The second kappa shape index (κ2) is 10.8. The predicted molar refractivity (Wildman–Crippen MR) is 124 cm³/mol. The maximum atomic E-state index is 13.2. The van der Waals surface area contributed by atoms with Crippen molar-refractivity contribution in [2.45, 2.75) is 42.9 Å². The minimum atomic E-state index is -1.48. The first-order valence-corrected chi connectivity index (χ1v) is 12.7. The highest BCUT2D eigenvalue weighted by molar-refractivity contribution is 7.99. The molecule has 30 heavy (non-hydrogen) atoms. The summed E-state index contributed by atoms with van der Waals surface area (Å²) >= 11 is 1.91. The lowest BCUT2D eigenvalue weighted by Gasteiger charge is -2.21. The van der Waals surface area contributed by atoms with Crippen molar-refractivity contribution in [1.82, 2.24) is 5.32 Å². The van der Waals surface area contributed by atoms with E-state index in [1.54, 1.807) is 47.4 Å². The SMILES string of the molecule is CCCCSCCCNC(=O)c1ccc2c(c1)N(CC)C(=O)c1ccccc1[S@@]2=O. The number of carbonyl (C=O) groups excluding carboxylic acids is 2. The number of hydrogen-bond donors (Lipinski definition) is 1. The van der Waals surface area contributed by atoms with Gasteiger partial charge in [0.1, 0.15) is 0 Å². The molecular weight excluding hydrogens is 416 g/mol. The first-order valence-electron chi connectivity index (χ1n) is 10.4. The van der Waals surface area contributed by atoms with Gasteiger partial charge < -0.3 is 10.2 Å². The molecule has 7 heteroatoms. The molecule has 1 heterocycles. The zero-order valence-corrected chi connectivity index (χ0v) is 19.1. The Morgan fingerprint density at radius 2 is 1.83 bits per heavy atom. The number of unbranched alkanes of at least 4 members (excludes halogenated alkanes) is 1. The summed E-state index contributed by atoms with van der Waals surface area (Å²) in [6.07, 6.45) is 3.35. The Morgan fingerprint density at radius 1 is 1.07 bits per heavy atom. The summed E-state index contributed by atoms with van der Waals surface area (Å²) < 4.78 is 13.2. The van der Waals surface area contributed by atoms with E-state index in [4.69, 9.17) is 0 Å². The van der Waals surface area contributed by atoms with Crippen molar-refractivity contribution in [3.8, 4) is 0 Å². The van der Waals surface area contributed by atoms with E-state index in [0.717, 1.165) is 17.9 Å². The van der Waals surface area contributed by atoms with Gasteiger partial charge in [0.2, 0.25) is 0 Å². The number of nitrogens with zero attached hydrogens (tertiary/aromatic N) is 1. The molecule has 0 aliphatic carbocycles. The Hall–Kier alpha value is -2.12. The molecule has 1 N–H and O–H groups in total. The highest BCUT2D eigenvalue weighted by Gasteiger charge is 2.30. The zero-order valence-electron chi connectivity index (χ0n) is 17.5. The normalized spacial score (nSPS) is 15.3. The predicted octanol–water partition coefficient (Wildman–Crippen LogP) is 4.49. The smallest absolute Gasteiger partial charge is 0.259 e. The van der Waals surface area contributed by atoms with Gasteiger partial charge >= 0.3 is 0 Å². The van der Waals surface area contributed by atoms with Crippen LogP contribution in [0.15, 0.2) is 52.3 Å². The number of benzene rings is 2. The molecule has 0 spiro atoms. The zero-order chi connectivity index (χ0) is 21.5. The molecule has 0 fully saturated rings. The van der Waals surface area contributed by atoms with Gasteiger partial charge in [0, 0.05) is 18.7 Å². The van der Waals surface area contributed by atoms with Crippen molar-refractivity contribution in [2.24, 2.45) is 0 Å². The van der Waals surface area contributed by atoms with E-state index in [1.165, 1.54) is 12.8 Å². The third-order valence-corrected chi connectivity index (χ3v) is 7.64. The topological polar surface area (TPSA) is 66.5 Å². The number of rotatable bonds is 9. The fourth-order valence-electron chi connectivity index (χ4n) is 3.35. The number of thioether (sulfide) groups is 1. The molecule has 2 aromatic rings. The fourth-order valence-corrected chi connectivity index (χ4v) is 5.74. The number of amides is 2. The third-order valence-electron chi connectivity index (χ3n) is 4.98. The Balaban J connectivity index is 1.76. The van der Waals surface area contributed by atoms with Crippen LogP contribution in [0.3, 0.4) is 0 Å². The Morgan fingerprint density at radius 3 is 2.60 bits per heavy atom. The van der Waals surface area contributed by atoms with E-state index < -0.39 is 10.8 Å². The van der Waals surface area contributed by atoms with Gasteiger partial charge in [-0.3, -0.25) is 9.59 Å². The quantitative estimate of drug-likeness (QED) is 0.579. The van der Waals surface area contributed by atoms with E-state index in [1.807, 2.05) is 18.7 Å². The molecule has 0 saturated carbocycles. The van der Waals surface area contributed by atoms with Crippen molar-refractivity contribution in [1.29, 1.82) is 0 Å². The van der Waals surface area contributed by atoms with Crippen molar-refractivity contribution in [2.75, 3.05) is 29.5 Å². The second-order valence-corrected chi connectivity index (χ2v) is 9.71. The van der Waals surface area contributed by atoms with Crippen LogP contribution in [-0.4, -0.2) is 40.6 Å². The molecule has 0 saturated heterocycles. The van der Waals surface area contributed by atoms with Crippen molar-refractivity contribution in [3.63, 3.8) is 0 Å². The van der Waals surface area contributed by atoms with Crippen LogP contribution in [0.4, 0.5) is 5.69 Å². The van der Waals surface area contributed by atoms with Gasteiger partial charge in [-0.1, -0.05) is 25.5 Å². The maximum Gasteiger partial charge on any atom is 0.259 e. The monoisotopic (exact) mass is 444 g/mol. The highest BCUT2D eigenvalue weighted by Crippen LogP contribution is 2.35. The van der Waals surface area contributed by atoms with Gasteiger partial charge in [-0.25, -0.2) is 4.21 Å². The van der Waals surface area contributed by atoms with E-state index in [-0.39, 0.29) is 11.8 Å². The third kappa shape index (κ3) is 4.95. The number of fused-ring (bicyclic) bond motifs is 2. The van der Waals surface area contributed by atoms with Crippen molar-refractivity contribution >= 4 is 40.1 Å². The summed E-state index contributed by atoms with van der Waals surface area (Å²) in [6, 6.07) is 12.1. The van der Waals surface area contributed by atoms with Gasteiger partial charge in [0.15, 0.2) is 0 Å². The highest BCUT2D eigenvalue weighted by atomic mass is 32.2. The lowest BCUT2D eigenvalue weighted by atomic mass is 10.1. The summed E-state index contributed by atoms with van der Waals surface area (Å²) in [6.45, 7) is 5.10. The summed E-state index contributed by atoms with van der Waals surface area (Å²) in [5, 5.41) is 2.95.